The quantitative estimate of drug-likeness (QED) is 0.301. The number of ether oxygens (including phenoxy) is 1. The molecule has 0 aliphatic heterocycles. The summed E-state index contributed by atoms with van der Waals surface area (Å²) in [6.07, 6.45) is 0. The molecule has 10 nitrogen and oxygen atoms in total. The molecule has 0 aliphatic carbocycles. The number of benzene rings is 1. The van der Waals surface area contributed by atoms with Crippen LogP contribution in [0, 0.1) is 10.1 Å². The van der Waals surface area contributed by atoms with Crippen LogP contribution in [0.25, 0.3) is 0 Å². The van der Waals surface area contributed by atoms with E-state index in [1.807, 2.05) is 6.07 Å². The molecule has 0 fully saturated rings. The lowest BCUT2D eigenvalue weighted by Gasteiger charge is -2.10. The van der Waals surface area contributed by atoms with Crippen LogP contribution in [0.1, 0.15) is 0 Å². The number of nitrogens with one attached hydrogen (secondary N) is 2. The maximum atomic E-state index is 11.2. The lowest BCUT2D eigenvalue weighted by molar-refractivity contribution is -0.383. The highest BCUT2D eigenvalue weighted by Gasteiger charge is 2.23. The van der Waals surface area contributed by atoms with E-state index in [4.69, 9.17) is 15.6 Å². The fourth-order valence-corrected chi connectivity index (χ4v) is 1.88. The first-order valence-electron chi connectivity index (χ1n) is 7.18. The van der Waals surface area contributed by atoms with Crippen LogP contribution in [0.2, 0.25) is 0 Å². The lowest BCUT2D eigenvalue weighted by Crippen LogP contribution is -2.15. The average molecular weight is 334 g/mol. The maximum Gasteiger partial charge on any atom is 0.353 e. The second-order valence-corrected chi connectivity index (χ2v) is 4.64. The normalized spacial score (nSPS) is 10.4. The largest absolute Gasteiger partial charge is 0.394 e. The Balaban J connectivity index is 2.17. The van der Waals surface area contributed by atoms with Crippen LogP contribution in [-0.4, -0.2) is 46.4 Å². The van der Waals surface area contributed by atoms with E-state index in [0.717, 1.165) is 0 Å². The molecule has 2 aromatic rings. The maximum absolute atomic E-state index is 11.2. The molecule has 1 heterocycles. The van der Waals surface area contributed by atoms with Gasteiger partial charge in [-0.05, 0) is 12.1 Å². The van der Waals surface area contributed by atoms with E-state index in [-0.39, 0.29) is 36.5 Å². The van der Waals surface area contributed by atoms with Crippen molar-refractivity contribution in [2.24, 2.45) is 0 Å². The summed E-state index contributed by atoms with van der Waals surface area (Å²) < 4.78 is 5.10. The third-order valence-corrected chi connectivity index (χ3v) is 2.90. The number of nitrogen functional groups attached to an aromatic ring is 1. The zero-order chi connectivity index (χ0) is 17.4. The molecule has 0 amide bonds. The number of nitrogens with zero attached hydrogens (tertiary/aromatic N) is 3. The molecule has 0 aliphatic rings. The van der Waals surface area contributed by atoms with Crippen molar-refractivity contribution in [2.45, 2.75) is 0 Å². The van der Waals surface area contributed by atoms with Gasteiger partial charge in [0.05, 0.1) is 24.7 Å². The van der Waals surface area contributed by atoms with Gasteiger partial charge in [-0.2, -0.15) is 9.97 Å². The van der Waals surface area contributed by atoms with Gasteiger partial charge >= 0.3 is 5.69 Å². The van der Waals surface area contributed by atoms with Gasteiger partial charge < -0.3 is 26.2 Å². The first kappa shape index (κ1) is 17.4. The molecule has 2 rings (SSSR count). The first-order chi connectivity index (χ1) is 11.6. The number of aromatic nitrogens is 2. The van der Waals surface area contributed by atoms with Gasteiger partial charge in [0, 0.05) is 12.2 Å². The number of rotatable bonds is 9. The summed E-state index contributed by atoms with van der Waals surface area (Å²) in [5, 5.41) is 25.6. The number of para-hydroxylation sites is 1. The summed E-state index contributed by atoms with van der Waals surface area (Å²) >= 11 is 0. The minimum Gasteiger partial charge on any atom is -0.394 e. The summed E-state index contributed by atoms with van der Waals surface area (Å²) in [7, 11) is 0. The zero-order valence-corrected chi connectivity index (χ0v) is 12.8. The smallest absolute Gasteiger partial charge is 0.353 e. The minimum absolute atomic E-state index is 0.00234. The van der Waals surface area contributed by atoms with E-state index >= 15 is 0 Å². The van der Waals surface area contributed by atoms with Gasteiger partial charge in [-0.15, -0.1) is 0 Å². The van der Waals surface area contributed by atoms with Crippen LogP contribution in [-0.2, 0) is 4.74 Å². The number of nitrogens with two attached hydrogens (primary N) is 1. The van der Waals surface area contributed by atoms with Crippen molar-refractivity contribution in [3.63, 3.8) is 0 Å². The summed E-state index contributed by atoms with van der Waals surface area (Å²) in [5.74, 6) is -0.103. The summed E-state index contributed by atoms with van der Waals surface area (Å²) in [6.45, 7) is 0.849. The number of hydrogen-bond acceptors (Lipinski definition) is 9. The zero-order valence-electron chi connectivity index (χ0n) is 12.8. The van der Waals surface area contributed by atoms with Gasteiger partial charge in [-0.25, -0.2) is 0 Å². The number of aliphatic hydroxyl groups excluding tert-OH is 1. The number of hydrogen-bond donors (Lipinski definition) is 4. The highest BCUT2D eigenvalue weighted by atomic mass is 16.6. The fraction of sp³-hybridized carbons (Fsp3) is 0.286. The Kier molecular flexibility index (Phi) is 6.23. The fourth-order valence-electron chi connectivity index (χ4n) is 1.88. The molecule has 0 bridgehead atoms. The SMILES string of the molecule is Nc1nc(NCCOCCO)nc(Nc2ccccc2)c1[N+](=O)[O-]. The summed E-state index contributed by atoms with van der Waals surface area (Å²) in [5.41, 5.74) is 5.94. The van der Waals surface area contributed by atoms with Crippen LogP contribution in [0.15, 0.2) is 30.3 Å². The molecule has 0 radical (unpaired) electrons. The topological polar surface area (TPSA) is 148 Å². The molecule has 0 spiro atoms. The van der Waals surface area contributed by atoms with Gasteiger partial charge in [0.1, 0.15) is 0 Å². The second kappa shape index (κ2) is 8.60. The molecule has 1 aromatic carbocycles. The minimum atomic E-state index is -0.630. The van der Waals surface area contributed by atoms with Crippen molar-refractivity contribution in [3.05, 3.63) is 40.4 Å². The molecule has 0 saturated heterocycles. The Bertz CT molecular complexity index is 682. The number of anilines is 4. The molecular weight excluding hydrogens is 316 g/mol. The first-order valence-corrected chi connectivity index (χ1v) is 7.18. The van der Waals surface area contributed by atoms with E-state index in [9.17, 15) is 10.1 Å². The van der Waals surface area contributed by atoms with Crippen LogP contribution in [0.5, 0.6) is 0 Å². The van der Waals surface area contributed by atoms with Gasteiger partial charge in [-0.1, -0.05) is 18.2 Å². The van der Waals surface area contributed by atoms with E-state index in [1.54, 1.807) is 24.3 Å². The predicted octanol–water partition coefficient (Wildman–Crippen LogP) is 1.13. The molecule has 0 saturated carbocycles. The van der Waals surface area contributed by atoms with Crippen molar-refractivity contribution < 1.29 is 14.8 Å². The van der Waals surface area contributed by atoms with Crippen LogP contribution < -0.4 is 16.4 Å². The van der Waals surface area contributed by atoms with Crippen molar-refractivity contribution in [3.8, 4) is 0 Å². The van der Waals surface area contributed by atoms with Crippen molar-refractivity contribution in [2.75, 3.05) is 42.7 Å². The highest BCUT2D eigenvalue weighted by molar-refractivity contribution is 5.74. The van der Waals surface area contributed by atoms with E-state index in [0.29, 0.717) is 18.8 Å². The van der Waals surface area contributed by atoms with Crippen molar-refractivity contribution >= 4 is 29.0 Å². The molecule has 10 heteroatoms. The lowest BCUT2D eigenvalue weighted by atomic mass is 10.3. The van der Waals surface area contributed by atoms with E-state index < -0.39 is 4.92 Å². The van der Waals surface area contributed by atoms with Crippen molar-refractivity contribution in [1.82, 2.24) is 9.97 Å². The van der Waals surface area contributed by atoms with Gasteiger partial charge in [0.25, 0.3) is 0 Å². The molecule has 1 aromatic heterocycles. The van der Waals surface area contributed by atoms with E-state index in [1.165, 1.54) is 0 Å². The number of nitro groups is 1. The molecule has 24 heavy (non-hydrogen) atoms. The van der Waals surface area contributed by atoms with Gasteiger partial charge in [0.2, 0.25) is 17.6 Å². The molecular formula is C14H18N6O4. The molecule has 5 N–H and O–H groups in total. The molecule has 0 unspecified atom stereocenters. The summed E-state index contributed by atoms with van der Waals surface area (Å²) in [4.78, 5) is 18.6. The third-order valence-electron chi connectivity index (χ3n) is 2.90. The Morgan fingerprint density at radius 1 is 1.25 bits per heavy atom. The Morgan fingerprint density at radius 3 is 2.67 bits per heavy atom. The molecule has 128 valence electrons. The van der Waals surface area contributed by atoms with Crippen LogP contribution >= 0.6 is 0 Å². The van der Waals surface area contributed by atoms with Crippen molar-refractivity contribution in [1.29, 1.82) is 0 Å². The van der Waals surface area contributed by atoms with Crippen LogP contribution in [0.4, 0.5) is 29.0 Å². The van der Waals surface area contributed by atoms with Gasteiger partial charge in [0.15, 0.2) is 0 Å². The highest BCUT2D eigenvalue weighted by Crippen LogP contribution is 2.31. The van der Waals surface area contributed by atoms with Gasteiger partial charge in [-0.3, -0.25) is 10.1 Å². The summed E-state index contributed by atoms with van der Waals surface area (Å²) in [6, 6.07) is 8.90. The standard InChI is InChI=1S/C14H18N6O4/c15-12-11(20(22)23)13(17-10-4-2-1-3-5-10)19-14(18-12)16-6-8-24-9-7-21/h1-5,21H,6-9H2,(H4,15,16,17,18,19). The number of aliphatic hydroxyl groups is 1. The Hall–Kier alpha value is -2.98. The monoisotopic (exact) mass is 334 g/mol. The van der Waals surface area contributed by atoms with Crippen LogP contribution in [0.3, 0.4) is 0 Å². The average Bonchev–Trinajstić information content (AvgIpc) is 2.55. The Morgan fingerprint density at radius 2 is 2.00 bits per heavy atom. The second-order valence-electron chi connectivity index (χ2n) is 4.64. The third kappa shape index (κ3) is 4.76. The molecule has 0 atom stereocenters. The Labute approximate surface area is 137 Å². The van der Waals surface area contributed by atoms with E-state index in [2.05, 4.69) is 20.6 Å². The predicted molar refractivity (Wildman–Crippen MR) is 89.2 cm³/mol.